The van der Waals surface area contributed by atoms with Crippen LogP contribution in [0.5, 0.6) is 0 Å². The molecule has 0 bridgehead atoms. The van der Waals surface area contributed by atoms with Gasteiger partial charge in [0.25, 0.3) is 0 Å². The highest BCUT2D eigenvalue weighted by Gasteiger charge is 2.09. The predicted octanol–water partition coefficient (Wildman–Crippen LogP) is 2.50. The van der Waals surface area contributed by atoms with Crippen LogP contribution in [-0.4, -0.2) is 9.97 Å². The molecule has 0 aliphatic heterocycles. The van der Waals surface area contributed by atoms with E-state index in [1.165, 1.54) is 12.8 Å². The molecule has 0 aliphatic rings. The van der Waals surface area contributed by atoms with Crippen molar-refractivity contribution in [3.05, 3.63) is 18.2 Å². The lowest BCUT2D eigenvalue weighted by Crippen LogP contribution is -1.98. The van der Waals surface area contributed by atoms with Gasteiger partial charge >= 0.3 is 0 Å². The van der Waals surface area contributed by atoms with Gasteiger partial charge in [0.2, 0.25) is 0 Å². The quantitative estimate of drug-likeness (QED) is 0.703. The van der Waals surface area contributed by atoms with Crippen molar-refractivity contribution in [2.45, 2.75) is 39.0 Å². The van der Waals surface area contributed by atoms with Crippen LogP contribution < -0.4 is 0 Å². The molecular formula is C9H15N2. The fourth-order valence-electron chi connectivity index (χ4n) is 1.33. The Labute approximate surface area is 68.0 Å². The van der Waals surface area contributed by atoms with Gasteiger partial charge in [-0.1, -0.05) is 20.3 Å². The van der Waals surface area contributed by atoms with Gasteiger partial charge in [0.15, 0.2) is 0 Å². The summed E-state index contributed by atoms with van der Waals surface area (Å²) < 4.78 is 0. The van der Waals surface area contributed by atoms with Crippen molar-refractivity contribution in [2.75, 3.05) is 0 Å². The zero-order valence-electron chi connectivity index (χ0n) is 7.22. The maximum atomic E-state index is 4.13. The number of H-pyrrole nitrogens is 1. The summed E-state index contributed by atoms with van der Waals surface area (Å²) in [7, 11) is 0. The normalized spacial score (nSPS) is 13.3. The summed E-state index contributed by atoms with van der Waals surface area (Å²) in [6.45, 7) is 4.40. The minimum atomic E-state index is 0.603. The van der Waals surface area contributed by atoms with Crippen LogP contribution in [0.4, 0.5) is 0 Å². The number of aromatic amines is 1. The Morgan fingerprint density at radius 3 is 2.91 bits per heavy atom. The number of aromatic nitrogens is 2. The molecule has 0 aliphatic carbocycles. The highest BCUT2D eigenvalue weighted by atomic mass is 14.9. The lowest BCUT2D eigenvalue weighted by atomic mass is 10.0. The second-order valence-electron chi connectivity index (χ2n) is 2.81. The van der Waals surface area contributed by atoms with Gasteiger partial charge in [-0.2, -0.15) is 0 Å². The highest BCUT2D eigenvalue weighted by molar-refractivity contribution is 4.95. The van der Waals surface area contributed by atoms with E-state index in [1.54, 1.807) is 6.20 Å². The first-order valence-corrected chi connectivity index (χ1v) is 4.29. The maximum Gasteiger partial charge on any atom is 0.109 e. The molecule has 1 aromatic heterocycles. The molecular weight excluding hydrogens is 136 g/mol. The fraction of sp³-hybridized carbons (Fsp3) is 0.667. The molecule has 1 atom stereocenters. The van der Waals surface area contributed by atoms with Crippen LogP contribution in [0, 0.1) is 6.20 Å². The number of imidazole rings is 1. The van der Waals surface area contributed by atoms with E-state index in [2.05, 4.69) is 30.0 Å². The minimum absolute atomic E-state index is 0.603. The smallest absolute Gasteiger partial charge is 0.109 e. The number of nitrogens with one attached hydrogen (secondary N) is 1. The molecule has 1 aromatic rings. The van der Waals surface area contributed by atoms with Crippen molar-refractivity contribution in [2.24, 2.45) is 0 Å². The Hall–Kier alpha value is -0.790. The van der Waals surface area contributed by atoms with E-state index in [9.17, 15) is 0 Å². The van der Waals surface area contributed by atoms with Crippen LogP contribution in [0.3, 0.4) is 0 Å². The van der Waals surface area contributed by atoms with E-state index >= 15 is 0 Å². The first kappa shape index (κ1) is 8.31. The van der Waals surface area contributed by atoms with Gasteiger partial charge in [0.05, 0.1) is 0 Å². The summed E-state index contributed by atoms with van der Waals surface area (Å²) in [4.78, 5) is 7.23. The van der Waals surface area contributed by atoms with Gasteiger partial charge in [-0.3, -0.25) is 0 Å². The standard InChI is InChI=1S/C9H15N2/c1-3-5-8(4-2)9-10-6-7-11-9/h6,8H,3-5H2,1-2H3,(H,10,11). The van der Waals surface area contributed by atoms with Crippen molar-refractivity contribution < 1.29 is 0 Å². The molecule has 11 heavy (non-hydrogen) atoms. The zero-order valence-corrected chi connectivity index (χ0v) is 7.22. The Morgan fingerprint density at radius 1 is 1.64 bits per heavy atom. The fourth-order valence-corrected chi connectivity index (χ4v) is 1.33. The van der Waals surface area contributed by atoms with Crippen LogP contribution >= 0.6 is 0 Å². The second kappa shape index (κ2) is 4.16. The Balaban J connectivity index is 2.56. The predicted molar refractivity (Wildman–Crippen MR) is 45.4 cm³/mol. The molecule has 1 unspecified atom stereocenters. The molecule has 0 fully saturated rings. The van der Waals surface area contributed by atoms with Gasteiger partial charge in [-0.25, -0.2) is 4.98 Å². The van der Waals surface area contributed by atoms with Crippen LogP contribution in [-0.2, 0) is 0 Å². The van der Waals surface area contributed by atoms with Crippen molar-refractivity contribution >= 4 is 0 Å². The van der Waals surface area contributed by atoms with E-state index < -0.39 is 0 Å². The monoisotopic (exact) mass is 151 g/mol. The Morgan fingerprint density at radius 2 is 2.45 bits per heavy atom. The Kier molecular flexibility index (Phi) is 3.14. The van der Waals surface area contributed by atoms with Crippen LogP contribution in [0.1, 0.15) is 44.9 Å². The third kappa shape index (κ3) is 2.07. The van der Waals surface area contributed by atoms with Gasteiger partial charge in [0.1, 0.15) is 12.0 Å². The van der Waals surface area contributed by atoms with Crippen molar-refractivity contribution in [3.8, 4) is 0 Å². The zero-order chi connectivity index (χ0) is 8.10. The molecule has 61 valence electrons. The molecule has 1 heterocycles. The molecule has 0 saturated carbocycles. The number of nitrogens with zero attached hydrogens (tertiary/aromatic N) is 1. The molecule has 1 rings (SSSR count). The maximum absolute atomic E-state index is 4.13. The SMILES string of the molecule is CCCC(CC)c1n[c]c[nH]1. The second-order valence-corrected chi connectivity index (χ2v) is 2.81. The minimum Gasteiger partial charge on any atom is -0.348 e. The summed E-state index contributed by atoms with van der Waals surface area (Å²) in [6, 6.07) is 0. The Bertz CT molecular complexity index is 179. The summed E-state index contributed by atoms with van der Waals surface area (Å²) in [5.74, 6) is 1.70. The van der Waals surface area contributed by atoms with Crippen molar-refractivity contribution in [3.63, 3.8) is 0 Å². The number of hydrogen-bond acceptors (Lipinski definition) is 1. The first-order chi connectivity index (χ1) is 5.38. The lowest BCUT2D eigenvalue weighted by Gasteiger charge is -2.09. The third-order valence-corrected chi connectivity index (χ3v) is 1.99. The van der Waals surface area contributed by atoms with Crippen molar-refractivity contribution in [1.29, 1.82) is 0 Å². The molecule has 1 N–H and O–H groups in total. The third-order valence-electron chi connectivity index (χ3n) is 1.99. The molecule has 1 radical (unpaired) electrons. The summed E-state index contributed by atoms with van der Waals surface area (Å²) >= 11 is 0. The van der Waals surface area contributed by atoms with E-state index in [-0.39, 0.29) is 0 Å². The van der Waals surface area contributed by atoms with E-state index in [1.807, 2.05) is 0 Å². The lowest BCUT2D eigenvalue weighted by molar-refractivity contribution is 0.569. The summed E-state index contributed by atoms with van der Waals surface area (Å²) in [6.07, 6.45) is 8.17. The van der Waals surface area contributed by atoms with Crippen LogP contribution in [0.15, 0.2) is 6.20 Å². The summed E-state index contributed by atoms with van der Waals surface area (Å²) in [5.41, 5.74) is 0. The highest BCUT2D eigenvalue weighted by Crippen LogP contribution is 2.20. The van der Waals surface area contributed by atoms with E-state index in [0.717, 1.165) is 12.2 Å². The largest absolute Gasteiger partial charge is 0.348 e. The van der Waals surface area contributed by atoms with E-state index in [4.69, 9.17) is 0 Å². The number of hydrogen-bond donors (Lipinski definition) is 1. The van der Waals surface area contributed by atoms with Gasteiger partial charge in [-0.05, 0) is 12.8 Å². The molecule has 0 aromatic carbocycles. The average Bonchev–Trinajstić information content (AvgIpc) is 2.52. The van der Waals surface area contributed by atoms with Gasteiger partial charge < -0.3 is 4.98 Å². The molecule has 0 saturated heterocycles. The molecule has 0 spiro atoms. The van der Waals surface area contributed by atoms with Gasteiger partial charge in [-0.15, -0.1) is 0 Å². The molecule has 2 nitrogen and oxygen atoms in total. The van der Waals surface area contributed by atoms with Crippen molar-refractivity contribution in [1.82, 2.24) is 9.97 Å². The number of rotatable bonds is 4. The van der Waals surface area contributed by atoms with E-state index in [0.29, 0.717) is 5.92 Å². The van der Waals surface area contributed by atoms with Crippen LogP contribution in [0.25, 0.3) is 0 Å². The topological polar surface area (TPSA) is 28.7 Å². The molecule has 0 amide bonds. The first-order valence-electron chi connectivity index (χ1n) is 4.29. The van der Waals surface area contributed by atoms with Gasteiger partial charge in [0, 0.05) is 12.1 Å². The summed E-state index contributed by atoms with van der Waals surface area (Å²) in [5, 5.41) is 0. The van der Waals surface area contributed by atoms with Crippen LogP contribution in [0.2, 0.25) is 0 Å². The average molecular weight is 151 g/mol. The molecule has 2 heteroatoms.